The number of hydrogen-bond acceptors (Lipinski definition) is 4. The number of piperazine rings is 1. The van der Waals surface area contributed by atoms with Crippen LogP contribution in [0.4, 0.5) is 34.6 Å². The molecule has 1 unspecified atom stereocenters. The average molecular weight is 448 g/mol. The standard InChI is InChI=1S/C22H20F4N4O2/c1-13(31)29-6-8-30(9-7-29)20-5-3-15(11-18(20)22(24,25)26)27-12-17-16-10-14(23)2-4-19(16)28-21(17)32/h2-5,10-12,17H,6-9H2,1H3,(H,28,32). The highest BCUT2D eigenvalue weighted by Gasteiger charge is 2.36. The molecule has 0 radical (unpaired) electrons. The highest BCUT2D eigenvalue weighted by molar-refractivity contribution is 6.12. The molecule has 0 spiro atoms. The maximum atomic E-state index is 13.8. The Labute approximate surface area is 181 Å². The number of alkyl halides is 3. The first kappa shape index (κ1) is 21.8. The van der Waals surface area contributed by atoms with E-state index in [1.54, 1.807) is 9.80 Å². The molecule has 0 bridgehead atoms. The lowest BCUT2D eigenvalue weighted by Gasteiger charge is -2.36. The third kappa shape index (κ3) is 4.30. The summed E-state index contributed by atoms with van der Waals surface area (Å²) in [4.78, 5) is 30.9. The zero-order valence-corrected chi connectivity index (χ0v) is 17.1. The molecule has 1 N–H and O–H groups in total. The van der Waals surface area contributed by atoms with Gasteiger partial charge in [-0.3, -0.25) is 14.6 Å². The van der Waals surface area contributed by atoms with Gasteiger partial charge in [0.15, 0.2) is 0 Å². The van der Waals surface area contributed by atoms with Crippen LogP contribution in [0.1, 0.15) is 24.0 Å². The van der Waals surface area contributed by atoms with E-state index in [9.17, 15) is 27.2 Å². The Morgan fingerprint density at radius 3 is 2.50 bits per heavy atom. The molecule has 32 heavy (non-hydrogen) atoms. The van der Waals surface area contributed by atoms with E-state index in [1.165, 1.54) is 43.5 Å². The van der Waals surface area contributed by atoms with Gasteiger partial charge in [-0.05, 0) is 42.0 Å². The number of nitrogens with zero attached hydrogens (tertiary/aromatic N) is 3. The van der Waals surface area contributed by atoms with E-state index in [0.29, 0.717) is 24.3 Å². The zero-order chi connectivity index (χ0) is 23.0. The second-order valence-electron chi connectivity index (χ2n) is 7.67. The van der Waals surface area contributed by atoms with Crippen LogP contribution in [0, 0.1) is 5.82 Å². The number of benzene rings is 2. The minimum atomic E-state index is -4.61. The zero-order valence-electron chi connectivity index (χ0n) is 17.1. The van der Waals surface area contributed by atoms with Gasteiger partial charge in [0.1, 0.15) is 11.7 Å². The van der Waals surface area contributed by atoms with Crippen LogP contribution >= 0.6 is 0 Å². The molecule has 6 nitrogen and oxygen atoms in total. The number of nitrogens with one attached hydrogen (secondary N) is 1. The third-order valence-corrected chi connectivity index (χ3v) is 5.61. The molecule has 168 valence electrons. The maximum Gasteiger partial charge on any atom is 0.418 e. The van der Waals surface area contributed by atoms with Crippen molar-refractivity contribution in [3.63, 3.8) is 0 Å². The summed E-state index contributed by atoms with van der Waals surface area (Å²) < 4.78 is 54.9. The van der Waals surface area contributed by atoms with Crippen LogP contribution in [-0.2, 0) is 15.8 Å². The number of carbonyl (C=O) groups is 2. The van der Waals surface area contributed by atoms with Crippen molar-refractivity contribution in [2.75, 3.05) is 36.4 Å². The van der Waals surface area contributed by atoms with Gasteiger partial charge in [0.2, 0.25) is 11.8 Å². The molecule has 1 fully saturated rings. The van der Waals surface area contributed by atoms with Crippen molar-refractivity contribution < 1.29 is 27.2 Å². The van der Waals surface area contributed by atoms with E-state index in [4.69, 9.17) is 0 Å². The lowest BCUT2D eigenvalue weighted by Crippen LogP contribution is -2.48. The molecule has 2 aromatic rings. The summed E-state index contributed by atoms with van der Waals surface area (Å²) in [5.74, 6) is -1.95. The van der Waals surface area contributed by atoms with Crippen molar-refractivity contribution in [1.29, 1.82) is 0 Å². The molecule has 2 aliphatic rings. The number of carbonyl (C=O) groups excluding carboxylic acids is 2. The quantitative estimate of drug-likeness (QED) is 0.571. The SMILES string of the molecule is CC(=O)N1CCN(c2ccc(N=CC3C(=O)Nc4ccc(F)cc43)cc2C(F)(F)F)CC1. The van der Waals surface area contributed by atoms with Crippen molar-refractivity contribution >= 4 is 35.1 Å². The Kier molecular flexibility index (Phi) is 5.62. The summed E-state index contributed by atoms with van der Waals surface area (Å²) in [6.45, 7) is 2.70. The van der Waals surface area contributed by atoms with Crippen molar-refractivity contribution in [3.8, 4) is 0 Å². The first-order valence-electron chi connectivity index (χ1n) is 9.99. The largest absolute Gasteiger partial charge is 0.418 e. The van der Waals surface area contributed by atoms with Gasteiger partial charge in [0, 0.05) is 50.7 Å². The molecule has 0 saturated carbocycles. The Morgan fingerprint density at radius 2 is 1.84 bits per heavy atom. The van der Waals surface area contributed by atoms with Crippen LogP contribution in [0.25, 0.3) is 0 Å². The molecule has 10 heteroatoms. The predicted molar refractivity (Wildman–Crippen MR) is 112 cm³/mol. The number of hydrogen-bond donors (Lipinski definition) is 1. The number of aliphatic imine (C=N–C) groups is 1. The molecule has 0 aliphatic carbocycles. The molecular formula is C22H20F4N4O2. The number of amides is 2. The minimum Gasteiger partial charge on any atom is -0.367 e. The van der Waals surface area contributed by atoms with Crippen molar-refractivity contribution in [3.05, 3.63) is 53.3 Å². The average Bonchev–Trinajstić information content (AvgIpc) is 3.05. The van der Waals surface area contributed by atoms with Crippen LogP contribution in [0.5, 0.6) is 0 Å². The van der Waals surface area contributed by atoms with Gasteiger partial charge in [-0.15, -0.1) is 0 Å². The van der Waals surface area contributed by atoms with Crippen molar-refractivity contribution in [2.24, 2.45) is 4.99 Å². The molecule has 2 aliphatic heterocycles. The van der Waals surface area contributed by atoms with Crippen LogP contribution in [0.3, 0.4) is 0 Å². The summed E-state index contributed by atoms with van der Waals surface area (Å²) in [5.41, 5.74) is 0.0381. The molecule has 1 saturated heterocycles. The number of fused-ring (bicyclic) bond motifs is 1. The first-order chi connectivity index (χ1) is 15.1. The van der Waals surface area contributed by atoms with Crippen LogP contribution in [0.2, 0.25) is 0 Å². The Morgan fingerprint density at radius 1 is 1.12 bits per heavy atom. The van der Waals surface area contributed by atoms with Gasteiger partial charge in [-0.2, -0.15) is 13.2 Å². The lowest BCUT2D eigenvalue weighted by molar-refractivity contribution is -0.137. The van der Waals surface area contributed by atoms with E-state index in [-0.39, 0.29) is 30.4 Å². The van der Waals surface area contributed by atoms with E-state index in [1.807, 2.05) is 0 Å². The predicted octanol–water partition coefficient (Wildman–Crippen LogP) is 3.95. The highest BCUT2D eigenvalue weighted by Crippen LogP contribution is 2.39. The smallest absolute Gasteiger partial charge is 0.367 e. The van der Waals surface area contributed by atoms with Crippen LogP contribution < -0.4 is 10.2 Å². The van der Waals surface area contributed by atoms with E-state index < -0.39 is 29.4 Å². The number of halogens is 4. The molecule has 4 rings (SSSR count). The normalized spacial score (nSPS) is 18.8. The summed E-state index contributed by atoms with van der Waals surface area (Å²) >= 11 is 0. The maximum absolute atomic E-state index is 13.8. The summed E-state index contributed by atoms with van der Waals surface area (Å²) in [7, 11) is 0. The van der Waals surface area contributed by atoms with Crippen molar-refractivity contribution in [2.45, 2.75) is 19.0 Å². The first-order valence-corrected chi connectivity index (χ1v) is 9.99. The highest BCUT2D eigenvalue weighted by atomic mass is 19.4. The fourth-order valence-electron chi connectivity index (χ4n) is 3.93. The van der Waals surface area contributed by atoms with Gasteiger partial charge in [-0.25, -0.2) is 4.39 Å². The second kappa shape index (κ2) is 8.25. The molecule has 0 aromatic heterocycles. The van der Waals surface area contributed by atoms with Gasteiger partial charge in [0.25, 0.3) is 0 Å². The molecular weight excluding hydrogens is 428 g/mol. The summed E-state index contributed by atoms with van der Waals surface area (Å²) in [5, 5.41) is 2.60. The third-order valence-electron chi connectivity index (χ3n) is 5.61. The van der Waals surface area contributed by atoms with Gasteiger partial charge in [-0.1, -0.05) is 0 Å². The van der Waals surface area contributed by atoms with Gasteiger partial charge >= 0.3 is 6.18 Å². The lowest BCUT2D eigenvalue weighted by atomic mass is 10.0. The van der Waals surface area contributed by atoms with Crippen molar-refractivity contribution in [1.82, 2.24) is 4.90 Å². The molecule has 2 heterocycles. The Balaban J connectivity index is 1.60. The topological polar surface area (TPSA) is 65.0 Å². The number of rotatable bonds is 3. The van der Waals surface area contributed by atoms with Gasteiger partial charge in [0.05, 0.1) is 11.3 Å². The summed E-state index contributed by atoms with van der Waals surface area (Å²) in [6, 6.07) is 7.57. The van der Waals surface area contributed by atoms with Crippen LogP contribution in [0.15, 0.2) is 41.4 Å². The van der Waals surface area contributed by atoms with E-state index >= 15 is 0 Å². The Bertz CT molecular complexity index is 1090. The van der Waals surface area contributed by atoms with E-state index in [0.717, 1.165) is 6.07 Å². The Hall–Kier alpha value is -3.43. The van der Waals surface area contributed by atoms with Gasteiger partial charge < -0.3 is 15.1 Å². The minimum absolute atomic E-state index is 0.0191. The molecule has 1 atom stereocenters. The molecule has 2 aromatic carbocycles. The summed E-state index contributed by atoms with van der Waals surface area (Å²) in [6.07, 6.45) is -3.39. The van der Waals surface area contributed by atoms with Crippen LogP contribution in [-0.4, -0.2) is 49.1 Å². The fraction of sp³-hybridized carbons (Fsp3) is 0.318. The second-order valence-corrected chi connectivity index (χ2v) is 7.67. The van der Waals surface area contributed by atoms with E-state index in [2.05, 4.69) is 10.3 Å². The molecule has 2 amide bonds. The number of anilines is 2. The monoisotopic (exact) mass is 448 g/mol. The fourth-order valence-corrected chi connectivity index (χ4v) is 3.93.